The van der Waals surface area contributed by atoms with E-state index in [1.165, 1.54) is 0 Å². The molecule has 0 aromatic carbocycles. The highest BCUT2D eigenvalue weighted by molar-refractivity contribution is 6.07. The van der Waals surface area contributed by atoms with Crippen LogP contribution in [-0.2, 0) is 11.2 Å². The van der Waals surface area contributed by atoms with Crippen LogP contribution in [0.1, 0.15) is 62.5 Å². The van der Waals surface area contributed by atoms with Gasteiger partial charge in [0.25, 0.3) is 0 Å². The summed E-state index contributed by atoms with van der Waals surface area (Å²) < 4.78 is 5.46. The molecule has 2 aromatic rings. The molecule has 2 aromatic heterocycles. The Balaban J connectivity index is 1.38. The second-order valence-electron chi connectivity index (χ2n) is 9.01. The van der Waals surface area contributed by atoms with Crippen molar-refractivity contribution in [1.29, 1.82) is 0 Å². The molecular formula is C21H28N4O3. The average Bonchev–Trinajstić information content (AvgIpc) is 3.40. The van der Waals surface area contributed by atoms with Crippen molar-refractivity contribution < 1.29 is 14.3 Å². The number of aromatic amines is 1. The SMILES string of the molecule is CC(C)(C)OC(=O)N1CCC(Cc2cnc3[nH]cc(C(=O)C4CC4)c3n2)CC1. The predicted molar refractivity (Wildman–Crippen MR) is 105 cm³/mol. The van der Waals surface area contributed by atoms with Gasteiger partial charge < -0.3 is 14.6 Å². The fourth-order valence-electron chi connectivity index (χ4n) is 3.72. The molecule has 1 amide bonds. The minimum absolute atomic E-state index is 0.168. The van der Waals surface area contributed by atoms with Gasteiger partial charge in [-0.2, -0.15) is 0 Å². The molecule has 150 valence electrons. The summed E-state index contributed by atoms with van der Waals surface area (Å²) in [5.74, 6) is 0.803. The zero-order valence-corrected chi connectivity index (χ0v) is 16.8. The van der Waals surface area contributed by atoms with Crippen LogP contribution in [-0.4, -0.2) is 50.4 Å². The van der Waals surface area contributed by atoms with Crippen LogP contribution in [0.25, 0.3) is 11.2 Å². The number of nitrogens with zero attached hydrogens (tertiary/aromatic N) is 3. The van der Waals surface area contributed by atoms with Crippen LogP contribution < -0.4 is 0 Å². The molecule has 1 aliphatic heterocycles. The van der Waals surface area contributed by atoms with Crippen LogP contribution >= 0.6 is 0 Å². The van der Waals surface area contributed by atoms with E-state index in [1.807, 2.05) is 20.8 Å². The summed E-state index contributed by atoms with van der Waals surface area (Å²) in [6.07, 6.45) is 7.92. The minimum atomic E-state index is -0.467. The van der Waals surface area contributed by atoms with E-state index < -0.39 is 5.60 Å². The monoisotopic (exact) mass is 384 g/mol. The van der Waals surface area contributed by atoms with E-state index in [1.54, 1.807) is 17.3 Å². The standard InChI is InChI=1S/C21H28N4O3/c1-21(2,3)28-20(27)25-8-6-13(7-9-25)10-15-11-22-19-17(24-15)16(12-23-19)18(26)14-4-5-14/h11-14H,4-10H2,1-3H3,(H,22,23). The van der Waals surface area contributed by atoms with Gasteiger partial charge in [0.1, 0.15) is 11.1 Å². The number of aromatic nitrogens is 3. The van der Waals surface area contributed by atoms with Crippen LogP contribution in [0, 0.1) is 11.8 Å². The summed E-state index contributed by atoms with van der Waals surface area (Å²) in [4.78, 5) is 38.7. The van der Waals surface area contributed by atoms with Gasteiger partial charge in [0.15, 0.2) is 11.4 Å². The van der Waals surface area contributed by atoms with Crippen molar-refractivity contribution in [1.82, 2.24) is 19.9 Å². The maximum Gasteiger partial charge on any atom is 0.410 e. The topological polar surface area (TPSA) is 88.2 Å². The van der Waals surface area contributed by atoms with E-state index >= 15 is 0 Å². The van der Waals surface area contributed by atoms with Crippen molar-refractivity contribution >= 4 is 23.0 Å². The Bertz CT molecular complexity index is 887. The second-order valence-corrected chi connectivity index (χ2v) is 9.01. The molecule has 0 bridgehead atoms. The number of carbonyl (C=O) groups is 2. The van der Waals surface area contributed by atoms with Gasteiger partial charge in [-0.15, -0.1) is 0 Å². The van der Waals surface area contributed by atoms with Crippen molar-refractivity contribution in [2.75, 3.05) is 13.1 Å². The highest BCUT2D eigenvalue weighted by Crippen LogP contribution is 2.34. The Hall–Kier alpha value is -2.44. The highest BCUT2D eigenvalue weighted by Gasteiger charge is 2.32. The van der Waals surface area contributed by atoms with E-state index in [4.69, 9.17) is 9.72 Å². The summed E-state index contributed by atoms with van der Waals surface area (Å²) in [6, 6.07) is 0. The number of hydrogen-bond acceptors (Lipinski definition) is 5. The molecule has 1 saturated heterocycles. The average molecular weight is 384 g/mol. The highest BCUT2D eigenvalue weighted by atomic mass is 16.6. The molecule has 7 heteroatoms. The smallest absolute Gasteiger partial charge is 0.410 e. The third-order valence-electron chi connectivity index (χ3n) is 5.41. The zero-order valence-electron chi connectivity index (χ0n) is 16.8. The lowest BCUT2D eigenvalue weighted by molar-refractivity contribution is 0.0184. The van der Waals surface area contributed by atoms with Crippen LogP contribution in [0.2, 0.25) is 0 Å². The molecule has 1 aliphatic carbocycles. The summed E-state index contributed by atoms with van der Waals surface area (Å²) in [5, 5.41) is 0. The van der Waals surface area contributed by atoms with E-state index in [0.29, 0.717) is 35.7 Å². The van der Waals surface area contributed by atoms with Crippen LogP contribution in [0.15, 0.2) is 12.4 Å². The quantitative estimate of drug-likeness (QED) is 0.811. The number of ether oxygens (including phenoxy) is 1. The van der Waals surface area contributed by atoms with Crippen LogP contribution in [0.4, 0.5) is 4.79 Å². The molecule has 28 heavy (non-hydrogen) atoms. The van der Waals surface area contributed by atoms with Crippen LogP contribution in [0.3, 0.4) is 0 Å². The fraction of sp³-hybridized carbons (Fsp3) is 0.619. The van der Waals surface area contributed by atoms with E-state index in [9.17, 15) is 9.59 Å². The van der Waals surface area contributed by atoms with Gasteiger partial charge in [0.2, 0.25) is 0 Å². The van der Waals surface area contributed by atoms with Gasteiger partial charge >= 0.3 is 6.09 Å². The molecule has 0 spiro atoms. The van der Waals surface area contributed by atoms with Crippen molar-refractivity contribution in [3.05, 3.63) is 23.7 Å². The summed E-state index contributed by atoms with van der Waals surface area (Å²) in [7, 11) is 0. The number of rotatable bonds is 4. The molecule has 3 heterocycles. The molecular weight excluding hydrogens is 356 g/mol. The van der Waals surface area contributed by atoms with E-state index in [2.05, 4.69) is 9.97 Å². The first-order valence-electron chi connectivity index (χ1n) is 10.2. The van der Waals surface area contributed by atoms with E-state index in [0.717, 1.165) is 37.8 Å². The lowest BCUT2D eigenvalue weighted by Gasteiger charge is -2.33. The lowest BCUT2D eigenvalue weighted by atomic mass is 9.92. The fourth-order valence-corrected chi connectivity index (χ4v) is 3.72. The largest absolute Gasteiger partial charge is 0.444 e. The first kappa shape index (κ1) is 18.9. The normalized spacial score (nSPS) is 18.5. The zero-order chi connectivity index (χ0) is 19.9. The Morgan fingerprint density at radius 2 is 1.93 bits per heavy atom. The molecule has 1 saturated carbocycles. The van der Waals surface area contributed by atoms with Gasteiger partial charge in [-0.1, -0.05) is 0 Å². The Kier molecular flexibility index (Phi) is 4.85. The number of likely N-dealkylation sites (tertiary alicyclic amines) is 1. The number of carbonyl (C=O) groups excluding carboxylic acids is 2. The first-order valence-corrected chi connectivity index (χ1v) is 10.2. The third-order valence-corrected chi connectivity index (χ3v) is 5.41. The van der Waals surface area contributed by atoms with Crippen molar-refractivity contribution in [3.8, 4) is 0 Å². The lowest BCUT2D eigenvalue weighted by Crippen LogP contribution is -2.42. The van der Waals surface area contributed by atoms with Gasteiger partial charge in [0, 0.05) is 25.2 Å². The number of H-pyrrole nitrogens is 1. The Morgan fingerprint density at radius 3 is 2.57 bits per heavy atom. The molecule has 0 radical (unpaired) electrons. The number of Topliss-reactive ketones (excluding diaryl/α,β-unsaturated/α-hetero) is 1. The molecule has 2 fully saturated rings. The van der Waals surface area contributed by atoms with Crippen LogP contribution in [0.5, 0.6) is 0 Å². The number of hydrogen-bond donors (Lipinski definition) is 1. The number of fused-ring (bicyclic) bond motifs is 1. The summed E-state index contributed by atoms with van der Waals surface area (Å²) in [5.41, 5.74) is 2.48. The second kappa shape index (κ2) is 7.18. The van der Waals surface area contributed by atoms with Crippen molar-refractivity contribution in [2.24, 2.45) is 11.8 Å². The Morgan fingerprint density at radius 1 is 1.21 bits per heavy atom. The Labute approximate surface area is 164 Å². The van der Waals surface area contributed by atoms with Crippen molar-refractivity contribution in [2.45, 2.75) is 58.5 Å². The third kappa shape index (κ3) is 4.18. The molecule has 2 aliphatic rings. The minimum Gasteiger partial charge on any atom is -0.444 e. The number of piperidine rings is 1. The molecule has 4 rings (SSSR count). The van der Waals surface area contributed by atoms with E-state index in [-0.39, 0.29) is 17.8 Å². The molecule has 7 nitrogen and oxygen atoms in total. The van der Waals surface area contributed by atoms with Gasteiger partial charge in [-0.25, -0.2) is 14.8 Å². The van der Waals surface area contributed by atoms with Gasteiger partial charge in [0.05, 0.1) is 17.5 Å². The summed E-state index contributed by atoms with van der Waals surface area (Å²) >= 11 is 0. The molecule has 0 unspecified atom stereocenters. The molecule has 1 N–H and O–H groups in total. The van der Waals surface area contributed by atoms with Gasteiger partial charge in [-0.05, 0) is 58.8 Å². The number of amides is 1. The first-order chi connectivity index (χ1) is 13.3. The maximum atomic E-state index is 12.4. The predicted octanol–water partition coefficient (Wildman–Crippen LogP) is 3.74. The number of ketones is 1. The maximum absolute atomic E-state index is 12.4. The van der Waals surface area contributed by atoms with Crippen molar-refractivity contribution in [3.63, 3.8) is 0 Å². The van der Waals surface area contributed by atoms with Gasteiger partial charge in [-0.3, -0.25) is 4.79 Å². The molecule has 0 atom stereocenters. The summed E-state index contributed by atoms with van der Waals surface area (Å²) in [6.45, 7) is 7.05. The number of nitrogens with one attached hydrogen (secondary N) is 1.